The molecule has 0 unspecified atom stereocenters. The van der Waals surface area contributed by atoms with E-state index >= 15 is 8.78 Å². The summed E-state index contributed by atoms with van der Waals surface area (Å²) in [6, 6.07) is 5.95. The molecule has 5 rings (SSSR count). The smallest absolute Gasteiger partial charge is 0.317 e. The maximum absolute atomic E-state index is 15.4. The van der Waals surface area contributed by atoms with Crippen LogP contribution in [-0.4, -0.2) is 65.6 Å². The van der Waals surface area contributed by atoms with Crippen LogP contribution in [0.2, 0.25) is 0 Å². The number of rotatable bonds is 4. The molecule has 3 aromatic rings. The van der Waals surface area contributed by atoms with E-state index in [4.69, 9.17) is 4.74 Å². The number of carbonyl (C=O) groups excluding carboxylic acids is 2. The van der Waals surface area contributed by atoms with Crippen LogP contribution in [0.15, 0.2) is 30.5 Å². The Hall–Kier alpha value is -3.53. The van der Waals surface area contributed by atoms with E-state index in [9.17, 15) is 9.59 Å². The summed E-state index contributed by atoms with van der Waals surface area (Å²) in [5.74, 6) is -1.70. The van der Waals surface area contributed by atoms with E-state index in [1.807, 2.05) is 25.3 Å². The molecule has 10 heteroatoms. The van der Waals surface area contributed by atoms with Crippen LogP contribution in [0.3, 0.4) is 0 Å². The van der Waals surface area contributed by atoms with Crippen LogP contribution in [0.4, 0.5) is 19.3 Å². The number of aromatic nitrogens is 2. The number of fused-ring (bicyclic) bond motifs is 1. The van der Waals surface area contributed by atoms with Crippen LogP contribution < -0.4 is 10.2 Å². The fourth-order valence-corrected chi connectivity index (χ4v) is 4.86. The Morgan fingerprint density at radius 3 is 2.69 bits per heavy atom. The molecule has 2 aliphatic rings. The summed E-state index contributed by atoms with van der Waals surface area (Å²) in [5, 5.41) is 2.62. The van der Waals surface area contributed by atoms with Crippen molar-refractivity contribution in [3.05, 3.63) is 53.4 Å². The molecular weight excluding hydrogens is 456 g/mol. The Balaban J connectivity index is 1.56. The molecule has 8 nitrogen and oxygen atoms in total. The molecule has 0 radical (unpaired) electrons. The number of halogens is 2. The molecule has 1 atom stereocenters. The van der Waals surface area contributed by atoms with Crippen LogP contribution in [0, 0.1) is 18.6 Å². The lowest BCUT2D eigenvalue weighted by Gasteiger charge is -2.32. The van der Waals surface area contributed by atoms with E-state index < -0.39 is 11.6 Å². The van der Waals surface area contributed by atoms with Gasteiger partial charge in [-0.3, -0.25) is 4.79 Å². The Kier molecular flexibility index (Phi) is 6.14. The highest BCUT2D eigenvalue weighted by atomic mass is 19.1. The lowest BCUT2D eigenvalue weighted by molar-refractivity contribution is -0.117. The van der Waals surface area contributed by atoms with Gasteiger partial charge in [-0.1, -0.05) is 0 Å². The lowest BCUT2D eigenvalue weighted by Crippen LogP contribution is -2.49. The summed E-state index contributed by atoms with van der Waals surface area (Å²) >= 11 is 0. The van der Waals surface area contributed by atoms with Gasteiger partial charge in [0, 0.05) is 51.4 Å². The standard InChI is InChI=1S/C25H27F2N5O3/c1-15-5-7-32-20(13-17-14-30(8-9-35-17)25(34)28-2)24(29-21(32)10-15)23-18(26)11-16(12-19(23)27)31-6-3-4-22(31)33/h5,7,10-12,17H,3-4,6,8-9,13-14H2,1-2H3,(H,28,34)/t17-/m0/s1. The van der Waals surface area contributed by atoms with Gasteiger partial charge in [-0.15, -0.1) is 0 Å². The van der Waals surface area contributed by atoms with Gasteiger partial charge in [0.2, 0.25) is 5.91 Å². The summed E-state index contributed by atoms with van der Waals surface area (Å²) in [4.78, 5) is 31.9. The third-order valence-electron chi connectivity index (χ3n) is 6.59. The zero-order valence-corrected chi connectivity index (χ0v) is 19.7. The molecule has 3 amide bonds. The number of hydrogen-bond donors (Lipinski definition) is 1. The highest BCUT2D eigenvalue weighted by Crippen LogP contribution is 2.34. The van der Waals surface area contributed by atoms with E-state index in [-0.39, 0.29) is 35.0 Å². The Morgan fingerprint density at radius 1 is 1.23 bits per heavy atom. The molecule has 184 valence electrons. The first kappa shape index (κ1) is 23.2. The van der Waals surface area contributed by atoms with Crippen molar-refractivity contribution in [1.29, 1.82) is 0 Å². The van der Waals surface area contributed by atoms with Gasteiger partial charge in [0.05, 0.1) is 29.7 Å². The van der Waals surface area contributed by atoms with Crippen LogP contribution >= 0.6 is 0 Å². The summed E-state index contributed by atoms with van der Waals surface area (Å²) in [5.41, 5.74) is 2.27. The average Bonchev–Trinajstić information content (AvgIpc) is 3.41. The molecule has 0 spiro atoms. The summed E-state index contributed by atoms with van der Waals surface area (Å²) in [6.45, 7) is 3.54. The minimum atomic E-state index is -0.780. The van der Waals surface area contributed by atoms with Gasteiger partial charge in [0.15, 0.2) is 0 Å². The van der Waals surface area contributed by atoms with Crippen LogP contribution in [0.1, 0.15) is 24.1 Å². The number of carbonyl (C=O) groups is 2. The molecule has 4 heterocycles. The molecule has 0 saturated carbocycles. The predicted octanol–water partition coefficient (Wildman–Crippen LogP) is 3.30. The fourth-order valence-electron chi connectivity index (χ4n) is 4.86. The number of nitrogens with zero attached hydrogens (tertiary/aromatic N) is 4. The SMILES string of the molecule is CNC(=O)N1CCO[C@@H](Cc2c(-c3c(F)cc(N4CCCC4=O)cc3F)nc3cc(C)ccn23)C1. The van der Waals surface area contributed by atoms with Crippen molar-refractivity contribution in [2.24, 2.45) is 0 Å². The molecule has 0 bridgehead atoms. The summed E-state index contributed by atoms with van der Waals surface area (Å²) in [6.07, 6.45) is 2.79. The van der Waals surface area contributed by atoms with Gasteiger partial charge < -0.3 is 24.3 Å². The van der Waals surface area contributed by atoms with Crippen molar-refractivity contribution in [2.45, 2.75) is 32.3 Å². The highest BCUT2D eigenvalue weighted by Gasteiger charge is 2.30. The number of benzene rings is 1. The number of anilines is 1. The largest absolute Gasteiger partial charge is 0.374 e. The minimum absolute atomic E-state index is 0.143. The Labute approximate surface area is 201 Å². The first-order valence-electron chi connectivity index (χ1n) is 11.7. The number of nitrogens with one attached hydrogen (secondary N) is 1. The molecule has 1 aromatic carbocycles. The van der Waals surface area contributed by atoms with Crippen molar-refractivity contribution in [2.75, 3.05) is 38.2 Å². The van der Waals surface area contributed by atoms with Gasteiger partial charge in [0.25, 0.3) is 0 Å². The predicted molar refractivity (Wildman–Crippen MR) is 126 cm³/mol. The number of aryl methyl sites for hydroxylation is 1. The number of imidazole rings is 1. The molecule has 1 N–H and O–H groups in total. The van der Waals surface area contributed by atoms with Crippen molar-refractivity contribution in [1.82, 2.24) is 19.6 Å². The Morgan fingerprint density at radius 2 is 2.00 bits per heavy atom. The normalized spacial score (nSPS) is 18.5. The van der Waals surface area contributed by atoms with Crippen LogP contribution in [0.25, 0.3) is 16.9 Å². The number of ether oxygens (including phenoxy) is 1. The number of urea groups is 1. The topological polar surface area (TPSA) is 79.2 Å². The molecule has 2 saturated heterocycles. The van der Waals surface area contributed by atoms with Gasteiger partial charge in [-0.25, -0.2) is 18.6 Å². The van der Waals surface area contributed by atoms with Crippen molar-refractivity contribution in [3.8, 4) is 11.3 Å². The summed E-state index contributed by atoms with van der Waals surface area (Å²) < 4.78 is 38.6. The molecule has 2 aliphatic heterocycles. The Bertz CT molecular complexity index is 1280. The van der Waals surface area contributed by atoms with Crippen molar-refractivity contribution < 1.29 is 23.1 Å². The minimum Gasteiger partial charge on any atom is -0.374 e. The van der Waals surface area contributed by atoms with Crippen LogP contribution in [-0.2, 0) is 16.0 Å². The van der Waals surface area contributed by atoms with Crippen LogP contribution in [0.5, 0.6) is 0 Å². The maximum Gasteiger partial charge on any atom is 0.317 e. The molecule has 2 aromatic heterocycles. The average molecular weight is 484 g/mol. The van der Waals surface area contributed by atoms with Crippen molar-refractivity contribution in [3.63, 3.8) is 0 Å². The second-order valence-electron chi connectivity index (χ2n) is 8.97. The zero-order chi connectivity index (χ0) is 24.7. The van der Waals surface area contributed by atoms with Gasteiger partial charge >= 0.3 is 6.03 Å². The first-order valence-corrected chi connectivity index (χ1v) is 11.7. The highest BCUT2D eigenvalue weighted by molar-refractivity contribution is 5.95. The number of amides is 3. The van der Waals surface area contributed by atoms with E-state index in [0.29, 0.717) is 56.8 Å². The lowest BCUT2D eigenvalue weighted by atomic mass is 10.0. The molecular formula is C25H27F2N5O3. The quantitative estimate of drug-likeness (QED) is 0.618. The second-order valence-corrected chi connectivity index (χ2v) is 8.97. The monoisotopic (exact) mass is 483 g/mol. The third-order valence-corrected chi connectivity index (χ3v) is 6.59. The second kappa shape index (κ2) is 9.26. The van der Waals surface area contributed by atoms with E-state index in [0.717, 1.165) is 5.56 Å². The molecule has 0 aliphatic carbocycles. The van der Waals surface area contributed by atoms with E-state index in [2.05, 4.69) is 10.3 Å². The molecule has 35 heavy (non-hydrogen) atoms. The van der Waals surface area contributed by atoms with Gasteiger partial charge in [-0.2, -0.15) is 0 Å². The van der Waals surface area contributed by atoms with Crippen molar-refractivity contribution >= 4 is 23.3 Å². The maximum atomic E-state index is 15.4. The number of morpholine rings is 1. The number of hydrogen-bond acceptors (Lipinski definition) is 4. The first-order chi connectivity index (χ1) is 16.9. The third kappa shape index (κ3) is 4.34. The van der Waals surface area contributed by atoms with E-state index in [1.54, 1.807) is 16.3 Å². The number of pyridine rings is 1. The molecule has 2 fully saturated rings. The zero-order valence-electron chi connectivity index (χ0n) is 19.7. The van der Waals surface area contributed by atoms with Gasteiger partial charge in [-0.05, 0) is 43.2 Å². The fraction of sp³-hybridized carbons (Fsp3) is 0.400. The van der Waals surface area contributed by atoms with E-state index in [1.165, 1.54) is 17.0 Å². The summed E-state index contributed by atoms with van der Waals surface area (Å²) in [7, 11) is 1.57. The van der Waals surface area contributed by atoms with Gasteiger partial charge in [0.1, 0.15) is 17.3 Å².